The number of benzene rings is 1. The molecule has 2 aromatic rings. The van der Waals surface area contributed by atoms with Crippen LogP contribution in [0.25, 0.3) is 11.1 Å². The third kappa shape index (κ3) is 1.70. The molecule has 0 bridgehead atoms. The predicted octanol–water partition coefficient (Wildman–Crippen LogP) is 2.56. The zero-order chi connectivity index (χ0) is 10.7. The molecule has 0 radical (unpaired) electrons. The van der Waals surface area contributed by atoms with Gasteiger partial charge in [0.1, 0.15) is 17.5 Å². The zero-order valence-electron chi connectivity index (χ0n) is 8.32. The lowest BCUT2D eigenvalue weighted by Gasteiger charge is -2.05. The second-order valence-corrected chi connectivity index (χ2v) is 3.11. The maximum atomic E-state index is 8.71. The highest BCUT2D eigenvalue weighted by Crippen LogP contribution is 2.29. The van der Waals surface area contributed by atoms with Gasteiger partial charge >= 0.3 is 0 Å². The maximum Gasteiger partial charge on any atom is 0.126 e. The number of rotatable bonds is 2. The van der Waals surface area contributed by atoms with Crippen molar-refractivity contribution in [1.29, 1.82) is 5.26 Å². The van der Waals surface area contributed by atoms with Crippen molar-refractivity contribution < 1.29 is 4.74 Å². The highest BCUT2D eigenvalue weighted by molar-refractivity contribution is 5.70. The van der Waals surface area contributed by atoms with Crippen molar-refractivity contribution in [3.63, 3.8) is 0 Å². The van der Waals surface area contributed by atoms with E-state index in [9.17, 15) is 0 Å². The van der Waals surface area contributed by atoms with Crippen LogP contribution in [-0.4, -0.2) is 12.1 Å². The van der Waals surface area contributed by atoms with Crippen LogP contribution in [0, 0.1) is 11.3 Å². The Balaban J connectivity index is 2.49. The molecule has 3 heteroatoms. The van der Waals surface area contributed by atoms with Gasteiger partial charge in [0.05, 0.1) is 7.11 Å². The monoisotopic (exact) mass is 198 g/mol. The summed E-state index contributed by atoms with van der Waals surface area (Å²) in [5.74, 6) is 0.806. The van der Waals surface area contributed by atoms with Crippen LogP contribution in [0.1, 0.15) is 5.69 Å². The van der Waals surface area contributed by atoms with Crippen LogP contribution in [0.15, 0.2) is 36.5 Å². The summed E-state index contributed by atoms with van der Waals surface area (Å²) in [5, 5.41) is 8.71. The van der Waals surface area contributed by atoms with Crippen LogP contribution in [0.5, 0.6) is 5.75 Å². The van der Waals surface area contributed by atoms with E-state index >= 15 is 0 Å². The second-order valence-electron chi connectivity index (χ2n) is 3.11. The quantitative estimate of drug-likeness (QED) is 0.806. The first-order valence-electron chi connectivity index (χ1n) is 4.57. The van der Waals surface area contributed by atoms with Gasteiger partial charge < -0.3 is 9.72 Å². The minimum absolute atomic E-state index is 0.552. The summed E-state index contributed by atoms with van der Waals surface area (Å²) < 4.78 is 5.25. The number of para-hydroxylation sites is 1. The number of nitrogens with one attached hydrogen (secondary N) is 1. The standard InChI is InChI=1S/C12H10N2O/c1-15-12-5-3-2-4-11(12)9-6-10(7-13)14-8-9/h2-6,8,14H,1H3. The van der Waals surface area contributed by atoms with Gasteiger partial charge in [0.25, 0.3) is 0 Å². The number of aromatic nitrogens is 1. The number of hydrogen-bond acceptors (Lipinski definition) is 2. The average molecular weight is 198 g/mol. The molecule has 2 rings (SSSR count). The molecule has 0 amide bonds. The highest BCUT2D eigenvalue weighted by atomic mass is 16.5. The Hall–Kier alpha value is -2.21. The Kier molecular flexibility index (Phi) is 2.42. The Labute approximate surface area is 87.9 Å². The van der Waals surface area contributed by atoms with Gasteiger partial charge in [-0.2, -0.15) is 5.26 Å². The summed E-state index contributed by atoms with van der Waals surface area (Å²) in [6.45, 7) is 0. The molecule has 0 unspecified atom stereocenters. The Morgan fingerprint density at radius 1 is 1.33 bits per heavy atom. The van der Waals surface area contributed by atoms with Gasteiger partial charge in [0.2, 0.25) is 0 Å². The minimum atomic E-state index is 0.552. The van der Waals surface area contributed by atoms with Gasteiger partial charge in [-0.15, -0.1) is 0 Å². The van der Waals surface area contributed by atoms with Crippen LogP contribution in [-0.2, 0) is 0 Å². The second kappa shape index (κ2) is 3.89. The first-order chi connectivity index (χ1) is 7.35. The topological polar surface area (TPSA) is 48.8 Å². The molecular formula is C12H10N2O. The van der Waals surface area contributed by atoms with E-state index in [1.807, 2.05) is 24.3 Å². The molecule has 1 aromatic carbocycles. The van der Waals surface area contributed by atoms with Crippen molar-refractivity contribution in [3.05, 3.63) is 42.2 Å². The minimum Gasteiger partial charge on any atom is -0.496 e. The summed E-state index contributed by atoms with van der Waals surface area (Å²) in [6, 6.07) is 11.6. The number of methoxy groups -OCH3 is 1. The van der Waals surface area contributed by atoms with Crippen LogP contribution in [0.2, 0.25) is 0 Å². The molecule has 74 valence electrons. The molecule has 1 heterocycles. The smallest absolute Gasteiger partial charge is 0.126 e. The highest BCUT2D eigenvalue weighted by Gasteiger charge is 2.06. The molecule has 1 N–H and O–H groups in total. The molecule has 1 aromatic heterocycles. The maximum absolute atomic E-state index is 8.71. The molecule has 0 aliphatic carbocycles. The van der Waals surface area contributed by atoms with Gasteiger partial charge in [-0.05, 0) is 12.1 Å². The number of aromatic amines is 1. The number of nitrogens with zero attached hydrogens (tertiary/aromatic N) is 1. The van der Waals surface area contributed by atoms with E-state index in [1.165, 1.54) is 0 Å². The van der Waals surface area contributed by atoms with E-state index in [0.29, 0.717) is 5.69 Å². The zero-order valence-corrected chi connectivity index (χ0v) is 8.32. The van der Waals surface area contributed by atoms with E-state index in [1.54, 1.807) is 19.4 Å². The van der Waals surface area contributed by atoms with Crippen LogP contribution in [0.4, 0.5) is 0 Å². The largest absolute Gasteiger partial charge is 0.496 e. The normalized spacial score (nSPS) is 9.60. The number of ether oxygens (including phenoxy) is 1. The van der Waals surface area contributed by atoms with Gasteiger partial charge in [0, 0.05) is 17.3 Å². The fraction of sp³-hybridized carbons (Fsp3) is 0.0833. The lowest BCUT2D eigenvalue weighted by atomic mass is 10.1. The first kappa shape index (κ1) is 9.35. The van der Waals surface area contributed by atoms with Crippen LogP contribution < -0.4 is 4.74 Å². The molecule has 0 saturated heterocycles. The molecule has 0 saturated carbocycles. The third-order valence-electron chi connectivity index (χ3n) is 2.22. The van der Waals surface area contributed by atoms with Crippen molar-refractivity contribution in [2.75, 3.05) is 7.11 Å². The number of nitriles is 1. The van der Waals surface area contributed by atoms with Crippen LogP contribution in [0.3, 0.4) is 0 Å². The van der Waals surface area contributed by atoms with Crippen molar-refractivity contribution in [3.8, 4) is 22.9 Å². The Morgan fingerprint density at radius 3 is 2.80 bits per heavy atom. The molecule has 0 aliphatic rings. The molecule has 0 aliphatic heterocycles. The first-order valence-corrected chi connectivity index (χ1v) is 4.57. The molecule has 0 fully saturated rings. The summed E-state index contributed by atoms with van der Waals surface area (Å²) in [7, 11) is 1.64. The summed E-state index contributed by atoms with van der Waals surface area (Å²) in [6.07, 6.45) is 1.80. The van der Waals surface area contributed by atoms with Gasteiger partial charge in [-0.25, -0.2) is 0 Å². The lowest BCUT2D eigenvalue weighted by molar-refractivity contribution is 0.416. The lowest BCUT2D eigenvalue weighted by Crippen LogP contribution is -1.85. The fourth-order valence-electron chi connectivity index (χ4n) is 1.50. The van der Waals surface area contributed by atoms with Crippen molar-refractivity contribution in [1.82, 2.24) is 4.98 Å². The molecule has 15 heavy (non-hydrogen) atoms. The van der Waals surface area contributed by atoms with Crippen molar-refractivity contribution in [2.45, 2.75) is 0 Å². The van der Waals surface area contributed by atoms with E-state index in [-0.39, 0.29) is 0 Å². The fourth-order valence-corrected chi connectivity index (χ4v) is 1.50. The summed E-state index contributed by atoms with van der Waals surface area (Å²) >= 11 is 0. The molecular weight excluding hydrogens is 188 g/mol. The van der Waals surface area contributed by atoms with Gasteiger partial charge in [-0.3, -0.25) is 0 Å². The van der Waals surface area contributed by atoms with E-state index < -0.39 is 0 Å². The number of H-pyrrole nitrogens is 1. The number of hydrogen-bond donors (Lipinski definition) is 1. The summed E-state index contributed by atoms with van der Waals surface area (Å²) in [5.41, 5.74) is 2.50. The Bertz CT molecular complexity index is 508. The molecule has 0 spiro atoms. The van der Waals surface area contributed by atoms with Crippen LogP contribution >= 0.6 is 0 Å². The van der Waals surface area contributed by atoms with E-state index in [4.69, 9.17) is 10.00 Å². The van der Waals surface area contributed by atoms with E-state index in [2.05, 4.69) is 11.1 Å². The van der Waals surface area contributed by atoms with Gasteiger partial charge in [0.15, 0.2) is 0 Å². The van der Waals surface area contributed by atoms with E-state index in [0.717, 1.165) is 16.9 Å². The molecule has 0 atom stereocenters. The Morgan fingerprint density at radius 2 is 2.13 bits per heavy atom. The van der Waals surface area contributed by atoms with Crippen molar-refractivity contribution in [2.24, 2.45) is 0 Å². The SMILES string of the molecule is COc1ccccc1-c1c[nH]c(C#N)c1. The summed E-state index contributed by atoms with van der Waals surface area (Å²) in [4.78, 5) is 2.89. The van der Waals surface area contributed by atoms with Gasteiger partial charge in [-0.1, -0.05) is 18.2 Å². The predicted molar refractivity (Wildman–Crippen MR) is 57.5 cm³/mol. The average Bonchev–Trinajstić information content (AvgIpc) is 2.77. The molecule has 3 nitrogen and oxygen atoms in total. The van der Waals surface area contributed by atoms with Crippen molar-refractivity contribution >= 4 is 0 Å². The third-order valence-corrected chi connectivity index (χ3v) is 2.22.